The average Bonchev–Trinajstić information content (AvgIpc) is 2.17. The summed E-state index contributed by atoms with van der Waals surface area (Å²) in [6.45, 7) is 1.16. The quantitative estimate of drug-likeness (QED) is 0.578. The summed E-state index contributed by atoms with van der Waals surface area (Å²) in [5, 5.41) is 8.75. The van der Waals surface area contributed by atoms with E-state index in [2.05, 4.69) is 4.74 Å². The molecule has 1 rings (SSSR count). The summed E-state index contributed by atoms with van der Waals surface area (Å²) in [7, 11) is 3.08. The van der Waals surface area contributed by atoms with Crippen LogP contribution in [0.1, 0.15) is 0 Å². The third-order valence-corrected chi connectivity index (χ3v) is 2.39. The lowest BCUT2D eigenvalue weighted by Gasteiger charge is -2.36. The minimum atomic E-state index is -0.994. The number of likely N-dealkylation sites (N-methyl/N-ethyl adjacent to an activating group) is 1. The van der Waals surface area contributed by atoms with Gasteiger partial charge in [-0.1, -0.05) is 0 Å². The predicted octanol–water partition coefficient (Wildman–Crippen LogP) is -0.547. The molecule has 0 aromatic rings. The molecule has 0 bridgehead atoms. The highest BCUT2D eigenvalue weighted by atomic mass is 16.5. The zero-order chi connectivity index (χ0) is 10.7. The van der Waals surface area contributed by atoms with Gasteiger partial charge in [0.1, 0.15) is 6.04 Å². The summed E-state index contributed by atoms with van der Waals surface area (Å²) in [5.41, 5.74) is 0. The van der Waals surface area contributed by atoms with E-state index in [9.17, 15) is 9.59 Å². The van der Waals surface area contributed by atoms with E-state index in [-0.39, 0.29) is 6.54 Å². The highest BCUT2D eigenvalue weighted by Crippen LogP contribution is 2.08. The molecule has 0 aliphatic carbocycles. The van der Waals surface area contributed by atoms with Crippen LogP contribution in [0.5, 0.6) is 0 Å². The number of esters is 1. The minimum Gasteiger partial charge on any atom is -0.468 e. The van der Waals surface area contributed by atoms with Crippen LogP contribution in [-0.4, -0.2) is 66.8 Å². The molecule has 6 heteroatoms. The number of rotatable bonds is 1. The van der Waals surface area contributed by atoms with Gasteiger partial charge in [-0.3, -0.25) is 9.69 Å². The average molecular weight is 202 g/mol. The fourth-order valence-electron chi connectivity index (χ4n) is 1.44. The van der Waals surface area contributed by atoms with Crippen molar-refractivity contribution in [2.75, 3.05) is 33.8 Å². The lowest BCUT2D eigenvalue weighted by Crippen LogP contribution is -2.56. The summed E-state index contributed by atoms with van der Waals surface area (Å²) in [6, 6.07) is -0.482. The molecule has 80 valence electrons. The summed E-state index contributed by atoms with van der Waals surface area (Å²) in [5.74, 6) is -0.390. The predicted molar refractivity (Wildman–Crippen MR) is 48.0 cm³/mol. The van der Waals surface area contributed by atoms with E-state index in [1.165, 1.54) is 12.0 Å². The van der Waals surface area contributed by atoms with Gasteiger partial charge in [-0.25, -0.2) is 4.79 Å². The number of hydrogen-bond acceptors (Lipinski definition) is 4. The van der Waals surface area contributed by atoms with Crippen LogP contribution in [0, 0.1) is 0 Å². The smallest absolute Gasteiger partial charge is 0.407 e. The van der Waals surface area contributed by atoms with Crippen molar-refractivity contribution < 1.29 is 19.4 Å². The third kappa shape index (κ3) is 2.14. The number of carbonyl (C=O) groups excluding carboxylic acids is 1. The number of hydrogen-bond donors (Lipinski definition) is 1. The van der Waals surface area contributed by atoms with Gasteiger partial charge in [-0.2, -0.15) is 0 Å². The molecule has 1 unspecified atom stereocenters. The summed E-state index contributed by atoms with van der Waals surface area (Å²) in [6.07, 6.45) is -0.994. The van der Waals surface area contributed by atoms with Crippen molar-refractivity contribution in [2.45, 2.75) is 6.04 Å². The first kappa shape index (κ1) is 10.8. The zero-order valence-corrected chi connectivity index (χ0v) is 8.27. The Morgan fingerprint density at radius 1 is 1.43 bits per heavy atom. The van der Waals surface area contributed by atoms with E-state index < -0.39 is 18.1 Å². The Labute approximate surface area is 82.0 Å². The zero-order valence-electron chi connectivity index (χ0n) is 8.27. The number of carbonyl (C=O) groups is 2. The molecule has 0 aromatic heterocycles. The first-order valence-electron chi connectivity index (χ1n) is 4.32. The van der Waals surface area contributed by atoms with Gasteiger partial charge in [0.05, 0.1) is 13.7 Å². The van der Waals surface area contributed by atoms with E-state index in [0.29, 0.717) is 13.1 Å². The number of nitrogens with zero attached hydrogens (tertiary/aromatic N) is 2. The number of methoxy groups -OCH3 is 1. The Bertz CT molecular complexity index is 243. The summed E-state index contributed by atoms with van der Waals surface area (Å²) in [4.78, 5) is 25.0. The molecular formula is C8H14N2O4. The molecule has 1 heterocycles. The van der Waals surface area contributed by atoms with Crippen molar-refractivity contribution in [1.29, 1.82) is 0 Å². The Kier molecular flexibility index (Phi) is 3.29. The molecule has 1 fully saturated rings. The molecule has 0 saturated carbocycles. The number of piperazine rings is 1. The minimum absolute atomic E-state index is 0.179. The van der Waals surface area contributed by atoms with Gasteiger partial charge < -0.3 is 14.7 Å². The molecule has 1 N–H and O–H groups in total. The van der Waals surface area contributed by atoms with Gasteiger partial charge in [-0.15, -0.1) is 0 Å². The van der Waals surface area contributed by atoms with Crippen LogP contribution in [0.25, 0.3) is 0 Å². The lowest BCUT2D eigenvalue weighted by atomic mass is 10.2. The van der Waals surface area contributed by atoms with Crippen molar-refractivity contribution in [3.05, 3.63) is 0 Å². The normalized spacial score (nSPS) is 23.3. The SMILES string of the molecule is COC(=O)C1CN(C(=O)O)CCN1C. The molecule has 1 saturated heterocycles. The lowest BCUT2D eigenvalue weighted by molar-refractivity contribution is -0.148. The maximum absolute atomic E-state index is 11.3. The van der Waals surface area contributed by atoms with Gasteiger partial charge in [-0.05, 0) is 7.05 Å². The molecular weight excluding hydrogens is 188 g/mol. The molecule has 6 nitrogen and oxygen atoms in total. The molecule has 0 radical (unpaired) electrons. The first-order valence-corrected chi connectivity index (χ1v) is 4.32. The van der Waals surface area contributed by atoms with E-state index in [4.69, 9.17) is 5.11 Å². The summed E-state index contributed by atoms with van der Waals surface area (Å²) < 4.78 is 4.59. The number of amides is 1. The summed E-state index contributed by atoms with van der Waals surface area (Å²) >= 11 is 0. The standard InChI is InChI=1S/C8H14N2O4/c1-9-3-4-10(8(12)13)5-6(9)7(11)14-2/h6H,3-5H2,1-2H3,(H,12,13). The second kappa shape index (κ2) is 4.28. The van der Waals surface area contributed by atoms with Crippen molar-refractivity contribution in [3.8, 4) is 0 Å². The van der Waals surface area contributed by atoms with Crippen LogP contribution in [0.4, 0.5) is 4.79 Å². The van der Waals surface area contributed by atoms with Gasteiger partial charge in [0.25, 0.3) is 0 Å². The fourth-order valence-corrected chi connectivity index (χ4v) is 1.44. The Hall–Kier alpha value is -1.30. The van der Waals surface area contributed by atoms with Gasteiger partial charge in [0, 0.05) is 13.1 Å². The first-order chi connectivity index (χ1) is 6.56. The van der Waals surface area contributed by atoms with Crippen molar-refractivity contribution in [2.24, 2.45) is 0 Å². The van der Waals surface area contributed by atoms with Crippen LogP contribution in [0.3, 0.4) is 0 Å². The maximum Gasteiger partial charge on any atom is 0.407 e. The number of ether oxygens (including phenoxy) is 1. The highest BCUT2D eigenvalue weighted by molar-refractivity contribution is 5.77. The maximum atomic E-state index is 11.3. The van der Waals surface area contributed by atoms with E-state index in [1.54, 1.807) is 11.9 Å². The van der Waals surface area contributed by atoms with Crippen LogP contribution in [-0.2, 0) is 9.53 Å². The Morgan fingerprint density at radius 2 is 2.07 bits per heavy atom. The van der Waals surface area contributed by atoms with Gasteiger partial charge in [0.15, 0.2) is 0 Å². The van der Waals surface area contributed by atoms with Crippen molar-refractivity contribution in [1.82, 2.24) is 9.80 Å². The van der Waals surface area contributed by atoms with Crippen LogP contribution >= 0.6 is 0 Å². The molecule has 0 aromatic carbocycles. The molecule has 1 aliphatic rings. The van der Waals surface area contributed by atoms with E-state index in [1.807, 2.05) is 0 Å². The second-order valence-corrected chi connectivity index (χ2v) is 3.25. The third-order valence-electron chi connectivity index (χ3n) is 2.39. The molecule has 1 atom stereocenters. The fraction of sp³-hybridized carbons (Fsp3) is 0.750. The van der Waals surface area contributed by atoms with E-state index in [0.717, 1.165) is 0 Å². The van der Waals surface area contributed by atoms with Crippen molar-refractivity contribution in [3.63, 3.8) is 0 Å². The molecule has 1 amide bonds. The Morgan fingerprint density at radius 3 is 2.57 bits per heavy atom. The van der Waals surface area contributed by atoms with E-state index >= 15 is 0 Å². The van der Waals surface area contributed by atoms with Crippen molar-refractivity contribution >= 4 is 12.1 Å². The Balaban J connectivity index is 2.64. The monoisotopic (exact) mass is 202 g/mol. The topological polar surface area (TPSA) is 70.1 Å². The van der Waals surface area contributed by atoms with Crippen LogP contribution in [0.15, 0.2) is 0 Å². The number of carboxylic acid groups (broad SMARTS) is 1. The van der Waals surface area contributed by atoms with Gasteiger partial charge in [0.2, 0.25) is 0 Å². The largest absolute Gasteiger partial charge is 0.468 e. The van der Waals surface area contributed by atoms with Gasteiger partial charge >= 0.3 is 12.1 Å². The molecule has 1 aliphatic heterocycles. The molecule has 14 heavy (non-hydrogen) atoms. The second-order valence-electron chi connectivity index (χ2n) is 3.25. The molecule has 0 spiro atoms. The van der Waals surface area contributed by atoms with Crippen LogP contribution in [0.2, 0.25) is 0 Å². The van der Waals surface area contributed by atoms with Crippen LogP contribution < -0.4 is 0 Å². The highest BCUT2D eigenvalue weighted by Gasteiger charge is 2.32.